The summed E-state index contributed by atoms with van der Waals surface area (Å²) >= 11 is 12.3. The number of anilines is 1. The Balaban J connectivity index is 2.36. The third kappa shape index (κ3) is 3.84. The molecule has 0 atom stereocenters. The van der Waals surface area contributed by atoms with Crippen molar-refractivity contribution in [2.24, 2.45) is 0 Å². The first-order valence-corrected chi connectivity index (χ1v) is 7.64. The molecule has 108 valence electrons. The van der Waals surface area contributed by atoms with Crippen molar-refractivity contribution in [1.29, 1.82) is 0 Å². The van der Waals surface area contributed by atoms with Crippen molar-refractivity contribution in [1.82, 2.24) is 0 Å². The van der Waals surface area contributed by atoms with Gasteiger partial charge >= 0.3 is 5.97 Å². The van der Waals surface area contributed by atoms with Crippen molar-refractivity contribution in [2.45, 2.75) is 0 Å². The summed E-state index contributed by atoms with van der Waals surface area (Å²) in [5, 5.41) is 12.2. The van der Waals surface area contributed by atoms with Gasteiger partial charge in [-0.05, 0) is 52.3 Å². The SMILES string of the molecule is O=C(Nc1ccc(Br)cc1C(=O)O)c1cc(Cl)ccc1Br. The number of carbonyl (C=O) groups excluding carboxylic acids is 1. The summed E-state index contributed by atoms with van der Waals surface area (Å²) in [6.07, 6.45) is 0. The fourth-order valence-corrected chi connectivity index (χ4v) is 2.62. The third-order valence-corrected chi connectivity index (χ3v) is 4.05. The van der Waals surface area contributed by atoms with E-state index in [1.165, 1.54) is 18.2 Å². The topological polar surface area (TPSA) is 66.4 Å². The van der Waals surface area contributed by atoms with E-state index in [1.807, 2.05) is 0 Å². The van der Waals surface area contributed by atoms with E-state index in [0.717, 1.165) is 0 Å². The van der Waals surface area contributed by atoms with Crippen LogP contribution in [0, 0.1) is 0 Å². The summed E-state index contributed by atoms with van der Waals surface area (Å²) < 4.78 is 1.18. The predicted molar refractivity (Wildman–Crippen MR) is 88.2 cm³/mol. The van der Waals surface area contributed by atoms with E-state index < -0.39 is 11.9 Å². The number of rotatable bonds is 3. The van der Waals surface area contributed by atoms with Crippen molar-refractivity contribution in [3.05, 3.63) is 61.5 Å². The Morgan fingerprint density at radius 3 is 2.43 bits per heavy atom. The molecule has 0 heterocycles. The highest BCUT2D eigenvalue weighted by atomic mass is 79.9. The highest BCUT2D eigenvalue weighted by Gasteiger charge is 2.16. The van der Waals surface area contributed by atoms with Gasteiger partial charge in [0.15, 0.2) is 0 Å². The minimum Gasteiger partial charge on any atom is -0.478 e. The van der Waals surface area contributed by atoms with Crippen molar-refractivity contribution in [2.75, 3.05) is 5.32 Å². The van der Waals surface area contributed by atoms with Crippen LogP contribution >= 0.6 is 43.5 Å². The first-order valence-electron chi connectivity index (χ1n) is 5.67. The number of hydrogen-bond donors (Lipinski definition) is 2. The summed E-state index contributed by atoms with van der Waals surface area (Å²) in [7, 11) is 0. The fraction of sp³-hybridized carbons (Fsp3) is 0. The summed E-state index contributed by atoms with van der Waals surface area (Å²) in [6.45, 7) is 0. The van der Waals surface area contributed by atoms with Gasteiger partial charge in [0, 0.05) is 14.0 Å². The zero-order chi connectivity index (χ0) is 15.6. The predicted octanol–water partition coefficient (Wildman–Crippen LogP) is 4.82. The van der Waals surface area contributed by atoms with Crippen LogP contribution in [0.5, 0.6) is 0 Å². The molecule has 1 amide bonds. The summed E-state index contributed by atoms with van der Waals surface area (Å²) in [5.74, 6) is -1.58. The van der Waals surface area contributed by atoms with E-state index in [4.69, 9.17) is 16.7 Å². The van der Waals surface area contributed by atoms with Crippen molar-refractivity contribution in [3.63, 3.8) is 0 Å². The van der Waals surface area contributed by atoms with Crippen LogP contribution in [0.3, 0.4) is 0 Å². The molecule has 0 spiro atoms. The van der Waals surface area contributed by atoms with Crippen LogP contribution in [0.25, 0.3) is 0 Å². The molecule has 0 radical (unpaired) electrons. The molecule has 0 aliphatic carbocycles. The van der Waals surface area contributed by atoms with Crippen LogP contribution in [-0.4, -0.2) is 17.0 Å². The van der Waals surface area contributed by atoms with Crippen LogP contribution in [0.15, 0.2) is 45.3 Å². The number of carboxylic acid groups (broad SMARTS) is 1. The van der Waals surface area contributed by atoms with Gasteiger partial charge in [-0.25, -0.2) is 4.79 Å². The summed E-state index contributed by atoms with van der Waals surface area (Å²) in [6, 6.07) is 9.38. The second kappa shape index (κ2) is 6.60. The molecule has 0 saturated heterocycles. The number of carbonyl (C=O) groups is 2. The van der Waals surface area contributed by atoms with Gasteiger partial charge < -0.3 is 10.4 Å². The lowest BCUT2D eigenvalue weighted by Gasteiger charge is -2.10. The molecule has 2 aromatic rings. The summed E-state index contributed by atoms with van der Waals surface area (Å²) in [4.78, 5) is 23.5. The van der Waals surface area contributed by atoms with Crippen molar-refractivity contribution < 1.29 is 14.7 Å². The van der Waals surface area contributed by atoms with Gasteiger partial charge in [-0.2, -0.15) is 0 Å². The molecule has 0 saturated carbocycles. The Kier molecular flexibility index (Phi) is 5.03. The molecule has 0 aromatic heterocycles. The molecule has 0 fully saturated rings. The van der Waals surface area contributed by atoms with Gasteiger partial charge in [0.2, 0.25) is 0 Å². The Morgan fingerprint density at radius 2 is 1.76 bits per heavy atom. The van der Waals surface area contributed by atoms with E-state index >= 15 is 0 Å². The zero-order valence-corrected chi connectivity index (χ0v) is 14.3. The van der Waals surface area contributed by atoms with E-state index in [0.29, 0.717) is 19.5 Å². The maximum absolute atomic E-state index is 12.2. The quantitative estimate of drug-likeness (QED) is 0.730. The normalized spacial score (nSPS) is 10.2. The minimum absolute atomic E-state index is 0.00382. The molecule has 2 N–H and O–H groups in total. The van der Waals surface area contributed by atoms with Crippen LogP contribution in [-0.2, 0) is 0 Å². The molecule has 2 aromatic carbocycles. The average Bonchev–Trinajstić information content (AvgIpc) is 2.43. The van der Waals surface area contributed by atoms with Gasteiger partial charge in [0.1, 0.15) is 0 Å². The van der Waals surface area contributed by atoms with Crippen LogP contribution in [0.1, 0.15) is 20.7 Å². The molecule has 0 aliphatic rings. The standard InChI is InChI=1S/C14H8Br2ClNO3/c15-7-1-4-12(10(5-7)14(20)21)18-13(19)9-6-8(17)2-3-11(9)16/h1-6H,(H,18,19)(H,20,21). The molecule has 7 heteroatoms. The van der Waals surface area contributed by atoms with E-state index in [1.54, 1.807) is 18.2 Å². The van der Waals surface area contributed by atoms with Crippen molar-refractivity contribution in [3.8, 4) is 0 Å². The summed E-state index contributed by atoms with van der Waals surface area (Å²) in [5.41, 5.74) is 0.528. The number of carboxylic acids is 1. The lowest BCUT2D eigenvalue weighted by atomic mass is 10.1. The number of nitrogens with one attached hydrogen (secondary N) is 1. The molecular formula is C14H8Br2ClNO3. The molecule has 0 unspecified atom stereocenters. The van der Waals surface area contributed by atoms with Crippen LogP contribution in [0.2, 0.25) is 5.02 Å². The highest BCUT2D eigenvalue weighted by molar-refractivity contribution is 9.10. The van der Waals surface area contributed by atoms with E-state index in [2.05, 4.69) is 37.2 Å². The Morgan fingerprint density at radius 1 is 1.05 bits per heavy atom. The Hall–Kier alpha value is -1.37. The molecule has 2 rings (SSSR count). The van der Waals surface area contributed by atoms with E-state index in [-0.39, 0.29) is 11.3 Å². The second-order valence-electron chi connectivity index (χ2n) is 4.07. The van der Waals surface area contributed by atoms with Gasteiger partial charge in [0.25, 0.3) is 5.91 Å². The monoisotopic (exact) mass is 431 g/mol. The fourth-order valence-electron chi connectivity index (χ4n) is 1.66. The minimum atomic E-state index is -1.13. The molecule has 0 aliphatic heterocycles. The smallest absolute Gasteiger partial charge is 0.337 e. The van der Waals surface area contributed by atoms with Crippen molar-refractivity contribution >= 4 is 61.0 Å². The first-order chi connectivity index (χ1) is 9.88. The van der Waals surface area contributed by atoms with Gasteiger partial charge in [-0.3, -0.25) is 4.79 Å². The molecular weight excluding hydrogens is 425 g/mol. The van der Waals surface area contributed by atoms with E-state index in [9.17, 15) is 9.59 Å². The number of hydrogen-bond acceptors (Lipinski definition) is 2. The highest BCUT2D eigenvalue weighted by Crippen LogP contribution is 2.25. The van der Waals surface area contributed by atoms with Gasteiger partial charge in [-0.1, -0.05) is 27.5 Å². The lowest BCUT2D eigenvalue weighted by molar-refractivity contribution is 0.0698. The maximum atomic E-state index is 12.2. The van der Waals surface area contributed by atoms with Crippen LogP contribution in [0.4, 0.5) is 5.69 Å². The molecule has 4 nitrogen and oxygen atoms in total. The number of benzene rings is 2. The largest absolute Gasteiger partial charge is 0.478 e. The maximum Gasteiger partial charge on any atom is 0.337 e. The zero-order valence-electron chi connectivity index (χ0n) is 10.4. The second-order valence-corrected chi connectivity index (χ2v) is 6.28. The first kappa shape index (κ1) is 16.0. The molecule has 0 bridgehead atoms. The number of amides is 1. The number of halogens is 3. The Labute approximate surface area is 142 Å². The van der Waals surface area contributed by atoms with Gasteiger partial charge in [-0.15, -0.1) is 0 Å². The Bertz CT molecular complexity index is 734. The van der Waals surface area contributed by atoms with Crippen LogP contribution < -0.4 is 5.32 Å². The average molecular weight is 433 g/mol. The van der Waals surface area contributed by atoms with Gasteiger partial charge in [0.05, 0.1) is 16.8 Å². The molecule has 21 heavy (non-hydrogen) atoms. The lowest BCUT2D eigenvalue weighted by Crippen LogP contribution is -2.15. The number of aromatic carboxylic acids is 1. The third-order valence-electron chi connectivity index (χ3n) is 2.63.